The van der Waals surface area contributed by atoms with Gasteiger partial charge in [-0.25, -0.2) is 5.21 Å². The molecule has 1 heterocycles. The molecule has 84 valence electrons. The summed E-state index contributed by atoms with van der Waals surface area (Å²) in [5, 5.41) is 26.4. The lowest BCUT2D eigenvalue weighted by Gasteiger charge is -2.10. The van der Waals surface area contributed by atoms with Gasteiger partial charge >= 0.3 is 0 Å². The molecule has 0 aliphatic carbocycles. The molecule has 6 nitrogen and oxygen atoms in total. The second-order valence-corrected chi connectivity index (χ2v) is 5.17. The predicted molar refractivity (Wildman–Crippen MR) is 60.7 cm³/mol. The standard InChI is InChI=1S/C8H8N4O2S2/c9-7-10-11-8(16-7)15-6-3-1-5(2-4-6)12(13)14/h1-4,12-13H,(H2,9,10). The number of aromatic nitrogens is 2. The number of rotatable bonds is 3. The maximum absolute atomic E-state index is 10.6. The first-order valence-corrected chi connectivity index (χ1v) is 5.88. The third-order valence-corrected chi connectivity index (χ3v) is 3.54. The number of anilines is 1. The Bertz CT molecular complexity index is 471. The van der Waals surface area contributed by atoms with Crippen LogP contribution >= 0.6 is 23.1 Å². The van der Waals surface area contributed by atoms with Gasteiger partial charge in [0.05, 0.1) is 0 Å². The summed E-state index contributed by atoms with van der Waals surface area (Å²) in [5.41, 5.74) is 5.71. The van der Waals surface area contributed by atoms with Gasteiger partial charge in [0.2, 0.25) is 5.13 Å². The Morgan fingerprint density at radius 3 is 2.50 bits per heavy atom. The fourth-order valence-corrected chi connectivity index (χ4v) is 2.64. The molecule has 2 aromatic rings. The Hall–Kier alpha value is -1.19. The molecule has 1 unspecified atom stereocenters. The molecular formula is C8H8N4O2S2. The van der Waals surface area contributed by atoms with Crippen LogP contribution in [0.1, 0.15) is 0 Å². The van der Waals surface area contributed by atoms with Gasteiger partial charge in [0.15, 0.2) is 10.0 Å². The summed E-state index contributed by atoms with van der Waals surface area (Å²) in [7, 11) is 0. The Labute approximate surface area is 99.3 Å². The van der Waals surface area contributed by atoms with Crippen LogP contribution in [0.2, 0.25) is 0 Å². The smallest absolute Gasteiger partial charge is 0.203 e. The molecule has 8 heteroatoms. The zero-order valence-electron chi connectivity index (χ0n) is 7.95. The van der Waals surface area contributed by atoms with E-state index in [1.54, 1.807) is 24.3 Å². The second-order valence-electron chi connectivity index (χ2n) is 2.84. The Morgan fingerprint density at radius 1 is 1.31 bits per heavy atom. The van der Waals surface area contributed by atoms with Gasteiger partial charge in [-0.15, -0.1) is 10.2 Å². The first-order valence-electron chi connectivity index (χ1n) is 4.25. The van der Waals surface area contributed by atoms with Crippen molar-refractivity contribution in [2.45, 2.75) is 9.24 Å². The van der Waals surface area contributed by atoms with Crippen LogP contribution in [0, 0.1) is 5.21 Å². The molecule has 1 atom stereocenters. The van der Waals surface area contributed by atoms with Crippen molar-refractivity contribution in [2.24, 2.45) is 0 Å². The van der Waals surface area contributed by atoms with E-state index in [2.05, 4.69) is 10.2 Å². The Balaban J connectivity index is 2.11. The minimum absolute atomic E-state index is 0.265. The van der Waals surface area contributed by atoms with E-state index < -0.39 is 5.23 Å². The highest BCUT2D eigenvalue weighted by Gasteiger charge is 2.05. The van der Waals surface area contributed by atoms with E-state index in [0.717, 1.165) is 9.24 Å². The number of hydrogen-bond acceptors (Lipinski definition) is 7. The van der Waals surface area contributed by atoms with Gasteiger partial charge in [-0.1, -0.05) is 23.1 Å². The topological polar surface area (TPSA) is 99.5 Å². The number of quaternary nitrogens is 1. The van der Waals surface area contributed by atoms with E-state index in [-0.39, 0.29) is 5.69 Å². The van der Waals surface area contributed by atoms with Crippen LogP contribution in [0.25, 0.3) is 0 Å². The molecule has 0 aliphatic heterocycles. The molecule has 0 amide bonds. The van der Waals surface area contributed by atoms with Crippen LogP contribution in [0.15, 0.2) is 33.5 Å². The van der Waals surface area contributed by atoms with Crippen molar-refractivity contribution in [2.75, 3.05) is 5.73 Å². The van der Waals surface area contributed by atoms with Crippen molar-refractivity contribution in [3.63, 3.8) is 0 Å². The molecule has 0 radical (unpaired) electrons. The minimum atomic E-state index is -0.934. The Kier molecular flexibility index (Phi) is 3.36. The molecular weight excluding hydrogens is 248 g/mol. The van der Waals surface area contributed by atoms with E-state index in [1.165, 1.54) is 23.1 Å². The highest BCUT2D eigenvalue weighted by Crippen LogP contribution is 2.30. The normalized spacial score (nSPS) is 12.6. The lowest BCUT2D eigenvalue weighted by atomic mass is 10.3. The molecule has 0 bridgehead atoms. The average molecular weight is 256 g/mol. The lowest BCUT2D eigenvalue weighted by Crippen LogP contribution is -2.99. The van der Waals surface area contributed by atoms with E-state index in [0.29, 0.717) is 5.13 Å². The van der Waals surface area contributed by atoms with Crippen molar-refractivity contribution >= 4 is 33.9 Å². The van der Waals surface area contributed by atoms with E-state index in [9.17, 15) is 5.21 Å². The van der Waals surface area contributed by atoms with Crippen LogP contribution in [-0.4, -0.2) is 15.4 Å². The summed E-state index contributed by atoms with van der Waals surface area (Å²) >= 11 is 2.70. The highest BCUT2D eigenvalue weighted by atomic mass is 32.2. The molecule has 1 aromatic carbocycles. The summed E-state index contributed by atoms with van der Waals surface area (Å²) < 4.78 is 0.737. The van der Waals surface area contributed by atoms with Crippen molar-refractivity contribution < 1.29 is 10.4 Å². The van der Waals surface area contributed by atoms with Gasteiger partial charge in [-0.05, 0) is 12.1 Å². The van der Waals surface area contributed by atoms with Gasteiger partial charge in [0, 0.05) is 17.0 Å². The summed E-state index contributed by atoms with van der Waals surface area (Å²) in [5.74, 6) is 0. The van der Waals surface area contributed by atoms with E-state index >= 15 is 0 Å². The van der Waals surface area contributed by atoms with Gasteiger partial charge in [-0.2, -0.15) is 5.23 Å². The molecule has 16 heavy (non-hydrogen) atoms. The molecule has 0 fully saturated rings. The van der Waals surface area contributed by atoms with Crippen molar-refractivity contribution in [1.82, 2.24) is 10.2 Å². The summed E-state index contributed by atoms with van der Waals surface area (Å²) in [6, 6.07) is 6.56. The predicted octanol–water partition coefficient (Wildman–Crippen LogP) is 0.675. The number of nitrogens with one attached hydrogen (secondary N) is 1. The van der Waals surface area contributed by atoms with Crippen molar-refractivity contribution in [1.29, 1.82) is 0 Å². The van der Waals surface area contributed by atoms with Gasteiger partial charge in [0.25, 0.3) is 0 Å². The van der Waals surface area contributed by atoms with Crippen LogP contribution in [-0.2, 0) is 0 Å². The van der Waals surface area contributed by atoms with Crippen LogP contribution in [0.5, 0.6) is 0 Å². The third-order valence-electron chi connectivity index (χ3n) is 1.73. The van der Waals surface area contributed by atoms with Crippen molar-refractivity contribution in [3.8, 4) is 0 Å². The highest BCUT2D eigenvalue weighted by molar-refractivity contribution is 8.01. The van der Waals surface area contributed by atoms with E-state index in [1.807, 2.05) is 0 Å². The molecule has 2 rings (SSSR count). The molecule has 0 aliphatic rings. The minimum Gasteiger partial charge on any atom is -0.595 e. The zero-order chi connectivity index (χ0) is 11.5. The first kappa shape index (κ1) is 11.3. The average Bonchev–Trinajstić information content (AvgIpc) is 2.65. The van der Waals surface area contributed by atoms with Crippen LogP contribution in [0.3, 0.4) is 0 Å². The quantitative estimate of drug-likeness (QED) is 0.698. The maximum Gasteiger partial charge on any atom is 0.203 e. The Morgan fingerprint density at radius 2 is 2.00 bits per heavy atom. The van der Waals surface area contributed by atoms with Gasteiger partial charge < -0.3 is 10.9 Å². The SMILES string of the molecule is Nc1nnc(Sc2ccc([NH+]([O-])O)cc2)s1. The van der Waals surface area contributed by atoms with Crippen molar-refractivity contribution in [3.05, 3.63) is 29.5 Å². The summed E-state index contributed by atoms with van der Waals surface area (Å²) in [4.78, 5) is 0.904. The van der Waals surface area contributed by atoms with E-state index in [4.69, 9.17) is 10.9 Å². The number of nitrogens with zero attached hydrogens (tertiary/aromatic N) is 2. The fraction of sp³-hybridized carbons (Fsp3) is 0. The van der Waals surface area contributed by atoms with Gasteiger partial charge in [0.1, 0.15) is 0 Å². The summed E-state index contributed by atoms with van der Waals surface area (Å²) in [6.45, 7) is 0. The fourth-order valence-electron chi connectivity index (χ4n) is 1.03. The summed E-state index contributed by atoms with van der Waals surface area (Å²) in [6.07, 6.45) is 0. The van der Waals surface area contributed by atoms with Crippen LogP contribution in [0.4, 0.5) is 10.8 Å². The lowest BCUT2D eigenvalue weighted by molar-refractivity contribution is -0.991. The van der Waals surface area contributed by atoms with Gasteiger partial charge in [-0.3, -0.25) is 0 Å². The number of benzene rings is 1. The first-order chi connectivity index (χ1) is 7.65. The van der Waals surface area contributed by atoms with Crippen LogP contribution < -0.4 is 11.0 Å². The largest absolute Gasteiger partial charge is 0.595 e. The second kappa shape index (κ2) is 4.76. The number of hydrogen-bond donors (Lipinski definition) is 3. The molecule has 4 N–H and O–H groups in total. The number of nitrogen functional groups attached to an aromatic ring is 1. The maximum atomic E-state index is 10.6. The molecule has 0 spiro atoms. The zero-order valence-corrected chi connectivity index (χ0v) is 9.59. The number of nitrogens with two attached hydrogens (primary N) is 1. The molecule has 0 saturated carbocycles. The molecule has 0 saturated heterocycles. The third kappa shape index (κ3) is 2.68. The monoisotopic (exact) mass is 256 g/mol. The molecule has 1 aromatic heterocycles.